The minimum atomic E-state index is -0.247. The van der Waals surface area contributed by atoms with Crippen molar-refractivity contribution in [2.45, 2.75) is 25.7 Å². The van der Waals surface area contributed by atoms with Crippen molar-refractivity contribution in [2.75, 3.05) is 16.2 Å². The van der Waals surface area contributed by atoms with E-state index in [1.807, 2.05) is 30.3 Å². The molecule has 0 fully saturated rings. The summed E-state index contributed by atoms with van der Waals surface area (Å²) in [5.41, 5.74) is 12.3. The molecule has 184 valence electrons. The number of hydrazone groups is 2. The number of benzene rings is 3. The maximum absolute atomic E-state index is 13.6. The molecule has 0 saturated carbocycles. The molecule has 1 heterocycles. The van der Waals surface area contributed by atoms with Gasteiger partial charge in [-0.15, -0.1) is 0 Å². The Morgan fingerprint density at radius 3 is 1.86 bits per heavy atom. The average molecular weight is 496 g/mol. The number of anilines is 4. The van der Waals surface area contributed by atoms with Gasteiger partial charge in [0.1, 0.15) is 17.5 Å². The summed E-state index contributed by atoms with van der Waals surface area (Å²) in [7, 11) is 0. The lowest BCUT2D eigenvalue weighted by Crippen LogP contribution is -2.07. The highest BCUT2D eigenvalue weighted by Crippen LogP contribution is 2.26. The normalized spacial score (nSPS) is 16.1. The van der Waals surface area contributed by atoms with Gasteiger partial charge in [0.25, 0.3) is 0 Å². The van der Waals surface area contributed by atoms with Crippen LogP contribution in [-0.4, -0.2) is 21.4 Å². The molecule has 3 aromatic carbocycles. The summed E-state index contributed by atoms with van der Waals surface area (Å²) in [5, 5.41) is 12.4. The largest absolute Gasteiger partial charge is 0.340 e. The van der Waals surface area contributed by atoms with Gasteiger partial charge >= 0.3 is 0 Å². The van der Waals surface area contributed by atoms with E-state index in [-0.39, 0.29) is 17.6 Å². The van der Waals surface area contributed by atoms with Crippen molar-refractivity contribution in [3.63, 3.8) is 0 Å². The monoisotopic (exact) mass is 495 g/mol. The molecule has 4 aromatic rings. The van der Waals surface area contributed by atoms with Crippen LogP contribution in [0.4, 0.5) is 32.1 Å². The molecular weight excluding hydrogens is 472 g/mol. The molecule has 0 bridgehead atoms. The Kier molecular flexibility index (Phi) is 6.02. The lowest BCUT2D eigenvalue weighted by atomic mass is 10.1. The van der Waals surface area contributed by atoms with Crippen molar-refractivity contribution >= 4 is 34.7 Å². The van der Waals surface area contributed by atoms with Crippen LogP contribution in [0.2, 0.25) is 0 Å². The number of fused-ring (bicyclic) bond motifs is 2. The van der Waals surface area contributed by atoms with E-state index < -0.39 is 0 Å². The van der Waals surface area contributed by atoms with Crippen LogP contribution in [0.25, 0.3) is 0 Å². The van der Waals surface area contributed by atoms with E-state index in [0.29, 0.717) is 24.5 Å². The molecule has 0 saturated heterocycles. The van der Waals surface area contributed by atoms with Crippen molar-refractivity contribution in [2.24, 2.45) is 10.2 Å². The number of rotatable bonds is 6. The van der Waals surface area contributed by atoms with Gasteiger partial charge in [-0.3, -0.25) is 5.43 Å². The van der Waals surface area contributed by atoms with Crippen molar-refractivity contribution in [1.29, 1.82) is 0 Å². The minimum Gasteiger partial charge on any atom is -0.340 e. The zero-order valence-electron chi connectivity index (χ0n) is 19.8. The molecule has 3 N–H and O–H groups in total. The van der Waals surface area contributed by atoms with Gasteiger partial charge in [0.05, 0.1) is 11.4 Å². The highest BCUT2D eigenvalue weighted by Gasteiger charge is 2.20. The summed E-state index contributed by atoms with van der Waals surface area (Å²) in [6, 6.07) is 20.9. The number of aryl methyl sites for hydroxylation is 2. The van der Waals surface area contributed by atoms with E-state index in [2.05, 4.69) is 36.3 Å². The third kappa shape index (κ3) is 5.02. The van der Waals surface area contributed by atoms with Gasteiger partial charge in [-0.2, -0.15) is 20.2 Å². The van der Waals surface area contributed by atoms with Gasteiger partial charge in [0.15, 0.2) is 5.82 Å². The lowest BCUT2D eigenvalue weighted by Gasteiger charge is -2.10. The number of hydrogen-bond acceptors (Lipinski definition) is 7. The standard InChI is InChI=1S/C28H23F2N7/c29-19-8-10-22-17(14-19)6-12-24(22)34-36-27-16-26(31-21-4-2-1-3-5-21)32-28(33-27)37-35-25-13-7-18-15-20(30)9-11-23(18)25/h1-5,8-11,14-16H,6-7,12-13H2,(H3,31,32,33,36,37). The molecular formula is C28H23F2N7. The molecule has 1 aromatic heterocycles. The summed E-state index contributed by atoms with van der Waals surface area (Å²) in [4.78, 5) is 9.08. The third-order valence-electron chi connectivity index (χ3n) is 6.39. The van der Waals surface area contributed by atoms with Crippen LogP contribution in [0, 0.1) is 11.6 Å². The van der Waals surface area contributed by atoms with E-state index in [1.54, 1.807) is 30.3 Å². The van der Waals surface area contributed by atoms with Gasteiger partial charge in [-0.1, -0.05) is 18.2 Å². The zero-order valence-corrected chi connectivity index (χ0v) is 19.8. The topological polar surface area (TPSA) is 86.6 Å². The smallest absolute Gasteiger partial charge is 0.247 e. The molecule has 7 nitrogen and oxygen atoms in total. The van der Waals surface area contributed by atoms with Crippen molar-refractivity contribution in [3.05, 3.63) is 107 Å². The van der Waals surface area contributed by atoms with Crippen LogP contribution in [0.5, 0.6) is 0 Å². The van der Waals surface area contributed by atoms with E-state index in [9.17, 15) is 8.78 Å². The van der Waals surface area contributed by atoms with Crippen molar-refractivity contribution < 1.29 is 8.78 Å². The first kappa shape index (κ1) is 22.8. The molecule has 6 rings (SSSR count). The molecule has 0 unspecified atom stereocenters. The minimum absolute atomic E-state index is 0.243. The summed E-state index contributed by atoms with van der Waals surface area (Å²) in [6.45, 7) is 0. The summed E-state index contributed by atoms with van der Waals surface area (Å²) in [5.74, 6) is 0.805. The molecule has 2 aliphatic rings. The summed E-state index contributed by atoms with van der Waals surface area (Å²) in [6.07, 6.45) is 2.89. The maximum atomic E-state index is 13.6. The number of aromatic nitrogens is 2. The second-order valence-corrected chi connectivity index (χ2v) is 8.90. The molecule has 0 atom stereocenters. The Hall–Kier alpha value is -4.66. The van der Waals surface area contributed by atoms with Crippen LogP contribution in [-0.2, 0) is 12.8 Å². The van der Waals surface area contributed by atoms with Gasteiger partial charge in [0.2, 0.25) is 5.95 Å². The molecule has 37 heavy (non-hydrogen) atoms. The first-order valence-electron chi connectivity index (χ1n) is 12.0. The van der Waals surface area contributed by atoms with E-state index in [0.717, 1.165) is 52.2 Å². The van der Waals surface area contributed by atoms with Crippen LogP contribution >= 0.6 is 0 Å². The second kappa shape index (κ2) is 9.77. The Labute approximate surface area is 212 Å². The molecule has 0 radical (unpaired) electrons. The van der Waals surface area contributed by atoms with Gasteiger partial charge in [-0.05, 0) is 85.3 Å². The Bertz CT molecular complexity index is 1440. The van der Waals surface area contributed by atoms with Gasteiger partial charge in [0, 0.05) is 22.9 Å². The molecule has 2 aliphatic carbocycles. The third-order valence-corrected chi connectivity index (χ3v) is 6.39. The number of nitrogens with one attached hydrogen (secondary N) is 3. The van der Waals surface area contributed by atoms with Crippen LogP contribution in [0.3, 0.4) is 0 Å². The van der Waals surface area contributed by atoms with Crippen LogP contribution < -0.4 is 16.2 Å². The highest BCUT2D eigenvalue weighted by molar-refractivity contribution is 6.05. The number of para-hydroxylation sites is 1. The van der Waals surface area contributed by atoms with Crippen LogP contribution in [0.1, 0.15) is 35.1 Å². The summed E-state index contributed by atoms with van der Waals surface area (Å²) < 4.78 is 27.2. The molecule has 0 spiro atoms. The fraction of sp³-hybridized carbons (Fsp3) is 0.143. The molecule has 0 amide bonds. The van der Waals surface area contributed by atoms with Crippen LogP contribution in [0.15, 0.2) is 83.0 Å². The van der Waals surface area contributed by atoms with Crippen molar-refractivity contribution in [3.8, 4) is 0 Å². The number of halogens is 2. The van der Waals surface area contributed by atoms with Gasteiger partial charge < -0.3 is 5.32 Å². The van der Waals surface area contributed by atoms with E-state index in [1.165, 1.54) is 12.1 Å². The summed E-state index contributed by atoms with van der Waals surface area (Å²) >= 11 is 0. The first-order valence-corrected chi connectivity index (χ1v) is 12.0. The predicted octanol–water partition coefficient (Wildman–Crippen LogP) is 6.02. The first-order chi connectivity index (χ1) is 18.1. The number of nitrogens with zero attached hydrogens (tertiary/aromatic N) is 4. The highest BCUT2D eigenvalue weighted by atomic mass is 19.1. The Balaban J connectivity index is 1.28. The second-order valence-electron chi connectivity index (χ2n) is 8.90. The van der Waals surface area contributed by atoms with Crippen molar-refractivity contribution in [1.82, 2.24) is 9.97 Å². The van der Waals surface area contributed by atoms with Gasteiger partial charge in [-0.25, -0.2) is 14.2 Å². The Morgan fingerprint density at radius 2 is 1.22 bits per heavy atom. The Morgan fingerprint density at radius 1 is 0.622 bits per heavy atom. The quantitative estimate of drug-likeness (QED) is 0.285. The van der Waals surface area contributed by atoms with E-state index >= 15 is 0 Å². The molecule has 0 aliphatic heterocycles. The zero-order chi connectivity index (χ0) is 25.2. The average Bonchev–Trinajstić information content (AvgIpc) is 3.49. The molecule has 9 heteroatoms. The lowest BCUT2D eigenvalue weighted by molar-refractivity contribution is 0.625. The number of hydrogen-bond donors (Lipinski definition) is 3. The fourth-order valence-corrected chi connectivity index (χ4v) is 4.64. The maximum Gasteiger partial charge on any atom is 0.247 e. The fourth-order valence-electron chi connectivity index (χ4n) is 4.64. The predicted molar refractivity (Wildman–Crippen MR) is 142 cm³/mol. The van der Waals surface area contributed by atoms with E-state index in [4.69, 9.17) is 0 Å². The SMILES string of the molecule is Fc1ccc2c(c1)CCC2=NNc1cc(Nc2ccccc2)nc(NN=C2CCc3cc(F)ccc32)n1.